The maximum atomic E-state index is 12.2. The summed E-state index contributed by atoms with van der Waals surface area (Å²) >= 11 is 0. The molecular weight excluding hydrogens is 380 g/mol. The third-order valence-electron chi connectivity index (χ3n) is 4.85. The number of hydrogen-bond acceptors (Lipinski definition) is 7. The molecule has 162 valence electrons. The number of ether oxygens (including phenoxy) is 2. The first-order valence-corrected chi connectivity index (χ1v) is 9.69. The number of amides is 2. The molecule has 0 aliphatic carbocycles. The van der Waals surface area contributed by atoms with Gasteiger partial charge >= 0.3 is 6.09 Å². The molecule has 2 rings (SSSR count). The van der Waals surface area contributed by atoms with Gasteiger partial charge in [-0.1, -0.05) is 30.3 Å². The van der Waals surface area contributed by atoms with Crippen LogP contribution in [0, 0.1) is 5.92 Å². The van der Waals surface area contributed by atoms with Gasteiger partial charge in [-0.3, -0.25) is 4.79 Å². The fourth-order valence-corrected chi connectivity index (χ4v) is 3.13. The van der Waals surface area contributed by atoms with Crippen LogP contribution in [-0.4, -0.2) is 77.5 Å². The fraction of sp³-hybridized carbons (Fsp3) is 0.600. The molecule has 1 fully saturated rings. The van der Waals surface area contributed by atoms with Gasteiger partial charge in [0.1, 0.15) is 12.2 Å². The van der Waals surface area contributed by atoms with Crippen molar-refractivity contribution in [2.75, 3.05) is 19.8 Å². The molecule has 29 heavy (non-hydrogen) atoms. The Kier molecular flexibility index (Phi) is 8.84. The molecule has 0 spiro atoms. The molecule has 5 N–H and O–H groups in total. The minimum Gasteiger partial charge on any atom is -0.436 e. The molecule has 0 radical (unpaired) electrons. The normalized spacial score (nSPS) is 26.2. The number of alkyl carbamates (subject to hydrolysis) is 1. The zero-order chi connectivity index (χ0) is 21.4. The Morgan fingerprint density at radius 3 is 2.55 bits per heavy atom. The fourth-order valence-electron chi connectivity index (χ4n) is 3.13. The zero-order valence-corrected chi connectivity index (χ0v) is 16.7. The molecule has 1 saturated heterocycles. The number of benzene rings is 1. The highest BCUT2D eigenvalue weighted by Gasteiger charge is 2.38. The zero-order valence-electron chi connectivity index (χ0n) is 16.7. The van der Waals surface area contributed by atoms with Crippen LogP contribution < -0.4 is 10.6 Å². The molecule has 1 aliphatic heterocycles. The summed E-state index contributed by atoms with van der Waals surface area (Å²) in [7, 11) is 0. The maximum absolute atomic E-state index is 12.2. The Balaban J connectivity index is 1.72. The summed E-state index contributed by atoms with van der Waals surface area (Å²) in [5, 5.41) is 34.2. The lowest BCUT2D eigenvalue weighted by Crippen LogP contribution is -2.54. The lowest BCUT2D eigenvalue weighted by molar-refractivity contribution is -0.173. The van der Waals surface area contributed by atoms with Crippen LogP contribution in [0.15, 0.2) is 30.3 Å². The molecule has 9 heteroatoms. The van der Waals surface area contributed by atoms with Crippen molar-refractivity contribution in [1.82, 2.24) is 10.6 Å². The van der Waals surface area contributed by atoms with E-state index in [1.54, 1.807) is 0 Å². The van der Waals surface area contributed by atoms with Gasteiger partial charge in [-0.15, -0.1) is 0 Å². The van der Waals surface area contributed by atoms with Gasteiger partial charge in [-0.2, -0.15) is 0 Å². The van der Waals surface area contributed by atoms with E-state index in [1.165, 1.54) is 6.92 Å². The summed E-state index contributed by atoms with van der Waals surface area (Å²) in [6.07, 6.45) is -4.40. The van der Waals surface area contributed by atoms with Crippen LogP contribution in [0.5, 0.6) is 0 Å². The van der Waals surface area contributed by atoms with E-state index in [2.05, 4.69) is 10.6 Å². The maximum Gasteiger partial charge on any atom is 0.407 e. The second-order valence-electron chi connectivity index (χ2n) is 7.32. The quantitative estimate of drug-likeness (QED) is 0.392. The molecule has 9 nitrogen and oxygen atoms in total. The van der Waals surface area contributed by atoms with Crippen molar-refractivity contribution in [3.8, 4) is 0 Å². The molecule has 1 aromatic rings. The predicted octanol–water partition coefficient (Wildman–Crippen LogP) is -0.422. The molecular formula is C20H30N2O7. The van der Waals surface area contributed by atoms with Gasteiger partial charge in [-0.25, -0.2) is 4.79 Å². The van der Waals surface area contributed by atoms with Gasteiger partial charge in [0.25, 0.3) is 5.91 Å². The standard InChI is InChI=1S/C20H30N2O7/c1-12(8-14-6-4-3-5-7-14)22-19(26)13(2)29-20(27)21-9-15-11-28-16(10-23)18(25)17(15)24/h3-7,12-13,15-18,23-25H,8-11H2,1-2H3,(H,21,27)(H,22,26). The van der Waals surface area contributed by atoms with E-state index >= 15 is 0 Å². The molecule has 6 atom stereocenters. The van der Waals surface area contributed by atoms with E-state index in [4.69, 9.17) is 14.6 Å². The Labute approximate surface area is 170 Å². The van der Waals surface area contributed by atoms with Crippen molar-refractivity contribution in [3.63, 3.8) is 0 Å². The van der Waals surface area contributed by atoms with Gasteiger partial charge in [-0.05, 0) is 25.8 Å². The van der Waals surface area contributed by atoms with Crippen molar-refractivity contribution < 1.29 is 34.4 Å². The molecule has 0 saturated carbocycles. The van der Waals surface area contributed by atoms with Gasteiger partial charge in [0, 0.05) is 18.5 Å². The lowest BCUT2D eigenvalue weighted by Gasteiger charge is -2.36. The summed E-state index contributed by atoms with van der Waals surface area (Å²) in [5.74, 6) is -0.971. The number of aliphatic hydroxyl groups excluding tert-OH is 3. The van der Waals surface area contributed by atoms with E-state index in [0.29, 0.717) is 6.42 Å². The largest absolute Gasteiger partial charge is 0.436 e. The monoisotopic (exact) mass is 410 g/mol. The summed E-state index contributed by atoms with van der Waals surface area (Å²) in [6, 6.07) is 9.59. The van der Waals surface area contributed by atoms with Crippen LogP contribution in [0.2, 0.25) is 0 Å². The second-order valence-corrected chi connectivity index (χ2v) is 7.32. The third kappa shape index (κ3) is 6.97. The molecule has 1 aromatic carbocycles. The molecule has 2 amide bonds. The van der Waals surface area contributed by atoms with Crippen LogP contribution in [0.3, 0.4) is 0 Å². The predicted molar refractivity (Wildman–Crippen MR) is 104 cm³/mol. The second kappa shape index (κ2) is 11.1. The lowest BCUT2D eigenvalue weighted by atomic mass is 9.92. The molecule has 6 unspecified atom stereocenters. The summed E-state index contributed by atoms with van der Waals surface area (Å²) in [5.41, 5.74) is 1.09. The Hall–Kier alpha value is -2.20. The van der Waals surface area contributed by atoms with Gasteiger partial charge < -0.3 is 35.4 Å². The molecule has 1 aliphatic rings. The van der Waals surface area contributed by atoms with Crippen molar-refractivity contribution >= 4 is 12.0 Å². The number of rotatable bonds is 8. The number of carbonyl (C=O) groups is 2. The number of carbonyl (C=O) groups excluding carboxylic acids is 2. The summed E-state index contributed by atoms with van der Waals surface area (Å²) in [6.45, 7) is 2.99. The van der Waals surface area contributed by atoms with E-state index in [-0.39, 0.29) is 19.2 Å². The molecule has 1 heterocycles. The molecule has 0 aromatic heterocycles. The highest BCUT2D eigenvalue weighted by atomic mass is 16.6. The number of aliphatic hydroxyl groups is 3. The van der Waals surface area contributed by atoms with Crippen molar-refractivity contribution in [3.05, 3.63) is 35.9 Å². The van der Waals surface area contributed by atoms with E-state index in [1.807, 2.05) is 37.3 Å². The van der Waals surface area contributed by atoms with E-state index < -0.39 is 48.9 Å². The number of hydrogen-bond donors (Lipinski definition) is 5. The highest BCUT2D eigenvalue weighted by molar-refractivity contribution is 5.83. The minimum absolute atomic E-state index is 0.00599. The Bertz CT molecular complexity index is 657. The van der Waals surface area contributed by atoms with Crippen LogP contribution in [0.4, 0.5) is 4.79 Å². The Morgan fingerprint density at radius 1 is 1.21 bits per heavy atom. The van der Waals surface area contributed by atoms with Crippen molar-refractivity contribution in [2.24, 2.45) is 5.92 Å². The first-order chi connectivity index (χ1) is 13.8. The van der Waals surface area contributed by atoms with Gasteiger partial charge in [0.2, 0.25) is 0 Å². The van der Waals surface area contributed by atoms with E-state index in [0.717, 1.165) is 5.56 Å². The summed E-state index contributed by atoms with van der Waals surface area (Å²) in [4.78, 5) is 24.2. The van der Waals surface area contributed by atoms with Crippen LogP contribution >= 0.6 is 0 Å². The SMILES string of the molecule is CC(Cc1ccccc1)NC(=O)C(C)OC(=O)NCC1COC(CO)C(O)C1O. The van der Waals surface area contributed by atoms with Crippen LogP contribution in [0.25, 0.3) is 0 Å². The van der Waals surface area contributed by atoms with Crippen molar-refractivity contribution in [1.29, 1.82) is 0 Å². The minimum atomic E-state index is -1.24. The first-order valence-electron chi connectivity index (χ1n) is 9.69. The van der Waals surface area contributed by atoms with Crippen LogP contribution in [0.1, 0.15) is 19.4 Å². The van der Waals surface area contributed by atoms with Gasteiger partial charge in [0.05, 0.1) is 19.3 Å². The van der Waals surface area contributed by atoms with Crippen LogP contribution in [-0.2, 0) is 20.7 Å². The third-order valence-corrected chi connectivity index (χ3v) is 4.85. The number of nitrogens with one attached hydrogen (secondary N) is 2. The Morgan fingerprint density at radius 2 is 1.90 bits per heavy atom. The van der Waals surface area contributed by atoms with Crippen molar-refractivity contribution in [2.45, 2.75) is 50.7 Å². The topological polar surface area (TPSA) is 137 Å². The van der Waals surface area contributed by atoms with E-state index in [9.17, 15) is 19.8 Å². The average Bonchev–Trinajstić information content (AvgIpc) is 2.69. The molecule has 0 bridgehead atoms. The first kappa shape index (κ1) is 23.1. The smallest absolute Gasteiger partial charge is 0.407 e. The van der Waals surface area contributed by atoms with Gasteiger partial charge in [0.15, 0.2) is 6.10 Å². The average molecular weight is 410 g/mol. The summed E-state index contributed by atoms with van der Waals surface area (Å²) < 4.78 is 10.3. The highest BCUT2D eigenvalue weighted by Crippen LogP contribution is 2.19.